The molecule has 0 unspecified atom stereocenters. The third-order valence-corrected chi connectivity index (χ3v) is 13.1. The molecule has 1 aromatic heterocycles. The minimum absolute atomic E-state index is 0.271. The highest BCUT2D eigenvalue weighted by Crippen LogP contribution is 2.39. The summed E-state index contributed by atoms with van der Waals surface area (Å²) >= 11 is 1.85. The van der Waals surface area contributed by atoms with E-state index in [1.54, 1.807) is 4.90 Å². The van der Waals surface area contributed by atoms with Crippen molar-refractivity contribution < 1.29 is 9.53 Å². The zero-order valence-electron chi connectivity index (χ0n) is 15.9. The van der Waals surface area contributed by atoms with Crippen LogP contribution in [0.4, 0.5) is 4.79 Å². The zero-order valence-corrected chi connectivity index (χ0v) is 17.7. The van der Waals surface area contributed by atoms with Gasteiger partial charge in [0.1, 0.15) is 5.75 Å². The Kier molecular flexibility index (Phi) is 5.45. The molecule has 1 amide bonds. The Bertz CT molecular complexity index is 727. The number of rotatable bonds is 4. The second-order valence-corrected chi connectivity index (χ2v) is 14.4. The molecule has 0 aliphatic carbocycles. The Labute approximate surface area is 150 Å². The van der Waals surface area contributed by atoms with Crippen molar-refractivity contribution >= 4 is 40.1 Å². The summed E-state index contributed by atoms with van der Waals surface area (Å²) in [5.74, 6) is 0.672. The molecule has 0 fully saturated rings. The molecule has 0 N–H and O–H groups in total. The molecule has 0 bridgehead atoms. The van der Waals surface area contributed by atoms with E-state index in [0.29, 0.717) is 18.8 Å². The molecule has 0 saturated carbocycles. The van der Waals surface area contributed by atoms with Crippen molar-refractivity contribution in [3.63, 3.8) is 0 Å². The van der Waals surface area contributed by atoms with Crippen LogP contribution in [0, 0.1) is 0 Å². The van der Waals surface area contributed by atoms with E-state index in [0.717, 1.165) is 5.39 Å². The van der Waals surface area contributed by atoms with Crippen LogP contribution >= 0.6 is 11.3 Å². The van der Waals surface area contributed by atoms with Gasteiger partial charge in [0.2, 0.25) is 0 Å². The maximum atomic E-state index is 12.3. The van der Waals surface area contributed by atoms with E-state index in [2.05, 4.69) is 46.0 Å². The molecule has 1 heterocycles. The largest absolute Gasteiger partial charge is 0.415 e. The van der Waals surface area contributed by atoms with Crippen LogP contribution in [0.2, 0.25) is 18.1 Å². The Morgan fingerprint density at radius 2 is 1.83 bits per heavy atom. The summed E-state index contributed by atoms with van der Waals surface area (Å²) < 4.78 is 8.34. The summed E-state index contributed by atoms with van der Waals surface area (Å²) in [6, 6.07) is 8.23. The minimum Gasteiger partial charge on any atom is -0.410 e. The highest BCUT2D eigenvalue weighted by Gasteiger charge is 2.38. The fourth-order valence-corrected chi connectivity index (χ4v) is 6.78. The van der Waals surface area contributed by atoms with E-state index in [9.17, 15) is 4.79 Å². The minimum atomic E-state index is -1.59. The summed E-state index contributed by atoms with van der Waals surface area (Å²) in [4.78, 5) is 14.0. The van der Waals surface area contributed by atoms with Gasteiger partial charge in [0.15, 0.2) is 0 Å². The number of thiophene rings is 1. The third-order valence-electron chi connectivity index (χ3n) is 5.23. The van der Waals surface area contributed by atoms with E-state index in [4.69, 9.17) is 4.74 Å². The van der Waals surface area contributed by atoms with Gasteiger partial charge in [-0.2, -0.15) is 0 Å². The summed E-state index contributed by atoms with van der Waals surface area (Å²) in [6.45, 7) is 17.0. The average molecular weight is 364 g/mol. The first-order valence-electron chi connectivity index (χ1n) is 8.61. The number of hydrogen-bond acceptors (Lipinski definition) is 3. The highest BCUT2D eigenvalue weighted by atomic mass is 32.1. The van der Waals surface area contributed by atoms with Crippen LogP contribution in [0.25, 0.3) is 10.1 Å². The third kappa shape index (κ3) is 3.52. The summed E-state index contributed by atoms with van der Waals surface area (Å²) in [6.07, 6.45) is -0.271. The van der Waals surface area contributed by atoms with E-state index >= 15 is 0 Å². The van der Waals surface area contributed by atoms with Gasteiger partial charge < -0.3 is 9.64 Å². The summed E-state index contributed by atoms with van der Waals surface area (Å²) in [5, 5.41) is 1.34. The van der Waals surface area contributed by atoms with Crippen LogP contribution in [0.1, 0.15) is 34.6 Å². The Morgan fingerprint density at radius 1 is 1.21 bits per heavy atom. The van der Waals surface area contributed by atoms with Crippen LogP contribution in [0.3, 0.4) is 0 Å². The number of nitrogens with zero attached hydrogens (tertiary/aromatic N) is 1. The van der Waals surface area contributed by atoms with Crippen molar-refractivity contribution in [3.05, 3.63) is 24.3 Å². The lowest BCUT2D eigenvalue weighted by Crippen LogP contribution is -2.47. The molecule has 24 heavy (non-hydrogen) atoms. The fourth-order valence-electron chi connectivity index (χ4n) is 2.44. The van der Waals surface area contributed by atoms with Gasteiger partial charge in [-0.1, -0.05) is 39.9 Å². The van der Waals surface area contributed by atoms with Crippen LogP contribution in [0.15, 0.2) is 24.3 Å². The Balaban J connectivity index is 2.43. The molecular formula is C19H29NO2SSi. The number of hydrogen-bond donors (Lipinski definition) is 0. The molecule has 2 rings (SSSR count). The van der Waals surface area contributed by atoms with Gasteiger partial charge in [0.25, 0.3) is 0 Å². The number of carbonyl (C=O) groups excluding carboxylic acids is 1. The monoisotopic (exact) mass is 363 g/mol. The molecule has 0 atom stereocenters. The molecule has 0 saturated heterocycles. The van der Waals surface area contributed by atoms with Crippen molar-refractivity contribution in [3.8, 4) is 5.75 Å². The first-order chi connectivity index (χ1) is 11.1. The molecule has 132 valence electrons. The second-order valence-electron chi connectivity index (χ2n) is 7.69. The lowest BCUT2D eigenvalue weighted by molar-refractivity contribution is 0.158. The van der Waals surface area contributed by atoms with Crippen LogP contribution in [0.5, 0.6) is 5.75 Å². The number of benzene rings is 1. The predicted octanol–water partition coefficient (Wildman–Crippen LogP) is 5.46. The molecule has 0 spiro atoms. The van der Waals surface area contributed by atoms with Crippen molar-refractivity contribution in [2.75, 3.05) is 13.1 Å². The van der Waals surface area contributed by atoms with Crippen molar-refractivity contribution in [2.24, 2.45) is 0 Å². The molecule has 2 aromatic rings. The second kappa shape index (κ2) is 6.88. The highest BCUT2D eigenvalue weighted by molar-refractivity contribution is 7.31. The number of ether oxygens (including phenoxy) is 1. The molecule has 0 radical (unpaired) electrons. The zero-order chi connectivity index (χ0) is 18.1. The molecule has 5 heteroatoms. The number of amides is 1. The lowest BCUT2D eigenvalue weighted by Gasteiger charge is -2.35. The molecule has 1 aromatic carbocycles. The van der Waals surface area contributed by atoms with Gasteiger partial charge in [0, 0.05) is 23.2 Å². The maximum absolute atomic E-state index is 12.3. The molecule has 3 nitrogen and oxygen atoms in total. The van der Waals surface area contributed by atoms with Gasteiger partial charge in [0.05, 0.1) is 8.07 Å². The SMILES string of the molecule is CCN(CC)C(=O)Oc1cccc2sc([Si](C)(C)C(C)(C)C)cc12. The van der Waals surface area contributed by atoms with Gasteiger partial charge in [-0.3, -0.25) is 0 Å². The summed E-state index contributed by atoms with van der Waals surface area (Å²) in [5.41, 5.74) is 0. The lowest BCUT2D eigenvalue weighted by atomic mass is 10.2. The number of fused-ring (bicyclic) bond motifs is 1. The smallest absolute Gasteiger partial charge is 0.410 e. The summed E-state index contributed by atoms with van der Waals surface area (Å²) in [7, 11) is -1.59. The molecule has 0 aliphatic rings. The first-order valence-corrected chi connectivity index (χ1v) is 12.4. The van der Waals surface area contributed by atoms with Crippen LogP contribution in [-0.4, -0.2) is 32.2 Å². The average Bonchev–Trinajstić information content (AvgIpc) is 2.93. The normalized spacial score (nSPS) is 12.5. The van der Waals surface area contributed by atoms with Crippen LogP contribution in [-0.2, 0) is 0 Å². The van der Waals surface area contributed by atoms with Crippen molar-refractivity contribution in [2.45, 2.75) is 52.8 Å². The topological polar surface area (TPSA) is 29.5 Å². The van der Waals surface area contributed by atoms with Crippen LogP contribution < -0.4 is 9.24 Å². The van der Waals surface area contributed by atoms with Gasteiger partial charge >= 0.3 is 6.09 Å². The fraction of sp³-hybridized carbons (Fsp3) is 0.526. The van der Waals surface area contributed by atoms with Crippen molar-refractivity contribution in [1.29, 1.82) is 0 Å². The van der Waals surface area contributed by atoms with E-state index in [1.165, 1.54) is 9.20 Å². The Hall–Kier alpha value is -1.33. The molecule has 0 aliphatic heterocycles. The quantitative estimate of drug-likeness (QED) is 0.675. The predicted molar refractivity (Wildman–Crippen MR) is 108 cm³/mol. The van der Waals surface area contributed by atoms with Crippen molar-refractivity contribution in [1.82, 2.24) is 4.90 Å². The van der Waals surface area contributed by atoms with E-state index in [1.807, 2.05) is 37.3 Å². The number of carbonyl (C=O) groups is 1. The van der Waals surface area contributed by atoms with Gasteiger partial charge in [-0.25, -0.2) is 4.79 Å². The standard InChI is InChI=1S/C19H29NO2SSi/c1-8-20(9-2)18(21)22-15-11-10-12-16-14(15)13-17(23-16)24(6,7)19(3,4)5/h10-13H,8-9H2,1-7H3. The van der Waals surface area contributed by atoms with E-state index < -0.39 is 8.07 Å². The molecular weight excluding hydrogens is 334 g/mol. The maximum Gasteiger partial charge on any atom is 0.415 e. The van der Waals surface area contributed by atoms with E-state index in [-0.39, 0.29) is 11.1 Å². The first kappa shape index (κ1) is 19.0. The van der Waals surface area contributed by atoms with Gasteiger partial charge in [-0.15, -0.1) is 11.3 Å². The Morgan fingerprint density at radius 3 is 2.38 bits per heavy atom. The van der Waals surface area contributed by atoms with Gasteiger partial charge in [-0.05, 0) is 41.6 Å².